The molecule has 3 atom stereocenters. The molecule has 0 spiro atoms. The molecule has 1 N–H and O–H groups in total. The zero-order valence-electron chi connectivity index (χ0n) is 10.1. The lowest BCUT2D eigenvalue weighted by atomic mass is 10.1. The molecule has 1 fully saturated rings. The first-order valence-electron chi connectivity index (χ1n) is 6.08. The van der Waals surface area contributed by atoms with Gasteiger partial charge < -0.3 is 10.1 Å². The van der Waals surface area contributed by atoms with Crippen molar-refractivity contribution in [1.82, 2.24) is 5.32 Å². The standard InChI is InChI=1S/C12H24ClNO/c1-9(2)6-11(13)7-14-8-12-5-4-10(3)15-12/h9-12,14H,4-8H2,1-3H3. The molecular weight excluding hydrogens is 210 g/mol. The highest BCUT2D eigenvalue weighted by Crippen LogP contribution is 2.18. The average Bonchev–Trinajstić information content (AvgIpc) is 2.50. The third-order valence-electron chi connectivity index (χ3n) is 2.78. The van der Waals surface area contributed by atoms with E-state index in [1.165, 1.54) is 12.8 Å². The van der Waals surface area contributed by atoms with Crippen LogP contribution in [0.4, 0.5) is 0 Å². The second-order valence-electron chi connectivity index (χ2n) is 5.03. The van der Waals surface area contributed by atoms with Gasteiger partial charge >= 0.3 is 0 Å². The van der Waals surface area contributed by atoms with Crippen molar-refractivity contribution in [3.8, 4) is 0 Å². The van der Waals surface area contributed by atoms with Crippen LogP contribution in [-0.2, 0) is 4.74 Å². The van der Waals surface area contributed by atoms with E-state index in [0.717, 1.165) is 19.5 Å². The summed E-state index contributed by atoms with van der Waals surface area (Å²) in [5.41, 5.74) is 0. The minimum absolute atomic E-state index is 0.254. The van der Waals surface area contributed by atoms with E-state index < -0.39 is 0 Å². The molecule has 1 aliphatic heterocycles. The number of rotatable bonds is 6. The topological polar surface area (TPSA) is 21.3 Å². The highest BCUT2D eigenvalue weighted by Gasteiger charge is 2.21. The van der Waals surface area contributed by atoms with Gasteiger partial charge in [0.15, 0.2) is 0 Å². The van der Waals surface area contributed by atoms with Crippen LogP contribution in [0.5, 0.6) is 0 Å². The largest absolute Gasteiger partial charge is 0.374 e. The van der Waals surface area contributed by atoms with Gasteiger partial charge in [-0.25, -0.2) is 0 Å². The molecule has 0 aliphatic carbocycles. The Bertz CT molecular complexity index is 175. The number of ether oxygens (including phenoxy) is 1. The van der Waals surface area contributed by atoms with Crippen molar-refractivity contribution in [3.63, 3.8) is 0 Å². The third kappa shape index (κ3) is 5.74. The summed E-state index contributed by atoms with van der Waals surface area (Å²) >= 11 is 6.19. The fourth-order valence-corrected chi connectivity index (χ4v) is 2.50. The van der Waals surface area contributed by atoms with Gasteiger partial charge in [-0.1, -0.05) is 13.8 Å². The van der Waals surface area contributed by atoms with E-state index in [9.17, 15) is 0 Å². The minimum Gasteiger partial charge on any atom is -0.374 e. The summed E-state index contributed by atoms with van der Waals surface area (Å²) < 4.78 is 5.72. The van der Waals surface area contributed by atoms with E-state index in [0.29, 0.717) is 18.1 Å². The molecule has 0 radical (unpaired) electrons. The summed E-state index contributed by atoms with van der Waals surface area (Å²) in [7, 11) is 0. The summed E-state index contributed by atoms with van der Waals surface area (Å²) in [5, 5.41) is 3.65. The lowest BCUT2D eigenvalue weighted by Gasteiger charge is -2.15. The zero-order valence-corrected chi connectivity index (χ0v) is 10.9. The molecule has 3 unspecified atom stereocenters. The highest BCUT2D eigenvalue weighted by atomic mass is 35.5. The molecule has 90 valence electrons. The van der Waals surface area contributed by atoms with Gasteiger partial charge in [0.2, 0.25) is 0 Å². The van der Waals surface area contributed by atoms with E-state index in [1.54, 1.807) is 0 Å². The molecule has 0 aromatic heterocycles. The van der Waals surface area contributed by atoms with Crippen LogP contribution in [-0.4, -0.2) is 30.7 Å². The number of hydrogen-bond donors (Lipinski definition) is 1. The van der Waals surface area contributed by atoms with Crippen molar-refractivity contribution in [2.24, 2.45) is 5.92 Å². The lowest BCUT2D eigenvalue weighted by Crippen LogP contribution is -2.31. The summed E-state index contributed by atoms with van der Waals surface area (Å²) in [4.78, 5) is 0. The molecule has 1 aliphatic rings. The quantitative estimate of drug-likeness (QED) is 0.713. The molecule has 3 heteroatoms. The van der Waals surface area contributed by atoms with E-state index in [2.05, 4.69) is 26.1 Å². The van der Waals surface area contributed by atoms with Crippen LogP contribution in [0, 0.1) is 5.92 Å². The molecule has 0 aromatic rings. The zero-order chi connectivity index (χ0) is 11.3. The normalized spacial score (nSPS) is 28.6. The van der Waals surface area contributed by atoms with Crippen LogP contribution in [0.1, 0.15) is 40.0 Å². The molecule has 1 rings (SSSR count). The number of hydrogen-bond acceptors (Lipinski definition) is 2. The van der Waals surface area contributed by atoms with Crippen molar-refractivity contribution in [2.75, 3.05) is 13.1 Å². The monoisotopic (exact) mass is 233 g/mol. The Labute approximate surface area is 98.7 Å². The van der Waals surface area contributed by atoms with Gasteiger partial charge in [0.05, 0.1) is 12.2 Å². The summed E-state index contributed by atoms with van der Waals surface area (Å²) in [6.45, 7) is 8.40. The molecule has 1 heterocycles. The Morgan fingerprint density at radius 2 is 2.13 bits per heavy atom. The van der Waals surface area contributed by atoms with Crippen molar-refractivity contribution >= 4 is 11.6 Å². The van der Waals surface area contributed by atoms with Crippen LogP contribution in [0.2, 0.25) is 0 Å². The van der Waals surface area contributed by atoms with Crippen molar-refractivity contribution in [3.05, 3.63) is 0 Å². The number of halogens is 1. The SMILES string of the molecule is CC(C)CC(Cl)CNCC1CCC(C)O1. The van der Waals surface area contributed by atoms with Crippen LogP contribution < -0.4 is 5.32 Å². The molecule has 0 bridgehead atoms. The molecule has 0 saturated carbocycles. The Morgan fingerprint density at radius 1 is 1.40 bits per heavy atom. The van der Waals surface area contributed by atoms with Crippen molar-refractivity contribution < 1.29 is 4.74 Å². The predicted molar refractivity (Wildman–Crippen MR) is 65.5 cm³/mol. The van der Waals surface area contributed by atoms with Gasteiger partial charge in [-0.05, 0) is 32.1 Å². The van der Waals surface area contributed by atoms with Gasteiger partial charge in [0, 0.05) is 18.5 Å². The van der Waals surface area contributed by atoms with E-state index in [4.69, 9.17) is 16.3 Å². The Hall–Kier alpha value is 0.210. The first-order chi connectivity index (χ1) is 7.08. The molecule has 1 saturated heterocycles. The third-order valence-corrected chi connectivity index (χ3v) is 3.12. The predicted octanol–water partition coefficient (Wildman–Crippen LogP) is 2.80. The maximum Gasteiger partial charge on any atom is 0.0704 e. The second kappa shape index (κ2) is 6.72. The first kappa shape index (κ1) is 13.3. The van der Waals surface area contributed by atoms with Gasteiger partial charge in [0.25, 0.3) is 0 Å². The first-order valence-corrected chi connectivity index (χ1v) is 6.51. The fraction of sp³-hybridized carbons (Fsp3) is 1.00. The average molecular weight is 234 g/mol. The summed E-state index contributed by atoms with van der Waals surface area (Å²) in [5.74, 6) is 0.678. The van der Waals surface area contributed by atoms with Crippen LogP contribution in [0.15, 0.2) is 0 Å². The Balaban J connectivity index is 2.01. The van der Waals surface area contributed by atoms with Crippen molar-refractivity contribution in [2.45, 2.75) is 57.6 Å². The van der Waals surface area contributed by atoms with E-state index >= 15 is 0 Å². The van der Waals surface area contributed by atoms with E-state index in [1.807, 2.05) is 0 Å². The molecular formula is C12H24ClNO. The van der Waals surface area contributed by atoms with Gasteiger partial charge in [-0.15, -0.1) is 11.6 Å². The minimum atomic E-state index is 0.254. The van der Waals surface area contributed by atoms with Crippen LogP contribution >= 0.6 is 11.6 Å². The molecule has 0 aromatic carbocycles. The van der Waals surface area contributed by atoms with Gasteiger partial charge in [-0.2, -0.15) is 0 Å². The highest BCUT2D eigenvalue weighted by molar-refractivity contribution is 6.20. The smallest absolute Gasteiger partial charge is 0.0704 e. The van der Waals surface area contributed by atoms with Gasteiger partial charge in [0.1, 0.15) is 0 Å². The van der Waals surface area contributed by atoms with Crippen molar-refractivity contribution in [1.29, 1.82) is 0 Å². The van der Waals surface area contributed by atoms with Crippen LogP contribution in [0.3, 0.4) is 0 Å². The Kier molecular flexibility index (Phi) is 5.95. The summed E-state index contributed by atoms with van der Waals surface area (Å²) in [6, 6.07) is 0. The Morgan fingerprint density at radius 3 is 2.67 bits per heavy atom. The summed E-state index contributed by atoms with van der Waals surface area (Å²) in [6.07, 6.45) is 4.31. The van der Waals surface area contributed by atoms with Crippen LogP contribution in [0.25, 0.3) is 0 Å². The fourth-order valence-electron chi connectivity index (χ4n) is 2.03. The maximum absolute atomic E-state index is 6.19. The number of alkyl halides is 1. The lowest BCUT2D eigenvalue weighted by molar-refractivity contribution is 0.0561. The molecule has 0 amide bonds. The molecule has 2 nitrogen and oxygen atoms in total. The van der Waals surface area contributed by atoms with E-state index in [-0.39, 0.29) is 5.38 Å². The maximum atomic E-state index is 6.19. The van der Waals surface area contributed by atoms with Gasteiger partial charge in [-0.3, -0.25) is 0 Å². The number of nitrogens with one attached hydrogen (secondary N) is 1. The molecule has 15 heavy (non-hydrogen) atoms. The second-order valence-corrected chi connectivity index (χ2v) is 5.65.